The van der Waals surface area contributed by atoms with Gasteiger partial charge in [0.2, 0.25) is 0 Å². The molecule has 0 aliphatic carbocycles. The van der Waals surface area contributed by atoms with E-state index in [-0.39, 0.29) is 10.7 Å². The quantitative estimate of drug-likeness (QED) is 0.870. The number of fused-ring (bicyclic) bond motifs is 1. The Hall–Kier alpha value is -2.41. The van der Waals surface area contributed by atoms with E-state index in [0.717, 1.165) is 5.56 Å². The van der Waals surface area contributed by atoms with E-state index in [2.05, 4.69) is 4.98 Å². The number of nitrogens with zero attached hydrogens (tertiary/aromatic N) is 2. The lowest BCUT2D eigenvalue weighted by atomic mass is 10.2. The predicted octanol–water partition coefficient (Wildman–Crippen LogP) is 1.94. The molecule has 1 aliphatic rings. The van der Waals surface area contributed by atoms with Crippen LogP contribution in [0.5, 0.6) is 0 Å². The van der Waals surface area contributed by atoms with Crippen molar-refractivity contribution in [2.75, 3.05) is 4.90 Å². The second-order valence-corrected chi connectivity index (χ2v) is 6.06. The molecule has 1 aromatic carbocycles. The Morgan fingerprint density at radius 2 is 2.00 bits per heavy atom. The number of carbonyl (C=O) groups excluding carboxylic acids is 1. The molecule has 6 nitrogen and oxygen atoms in total. The molecular weight excluding hydrogens is 278 g/mol. The van der Waals surface area contributed by atoms with Crippen molar-refractivity contribution in [3.63, 3.8) is 0 Å². The van der Waals surface area contributed by atoms with Crippen LogP contribution in [0.3, 0.4) is 0 Å². The third-order valence-corrected chi connectivity index (χ3v) is 4.28. The summed E-state index contributed by atoms with van der Waals surface area (Å²) in [6.07, 6.45) is 1.45. The number of aryl methyl sites for hydroxylation is 1. The van der Waals surface area contributed by atoms with Crippen molar-refractivity contribution in [3.8, 4) is 0 Å². The lowest BCUT2D eigenvalue weighted by Gasteiger charge is -2.28. The van der Waals surface area contributed by atoms with Gasteiger partial charge in [-0.1, -0.05) is 12.1 Å². The lowest BCUT2D eigenvalue weighted by Crippen LogP contribution is -2.45. The van der Waals surface area contributed by atoms with E-state index in [1.54, 1.807) is 18.2 Å². The number of hydrogen-bond acceptors (Lipinski definition) is 4. The molecule has 20 heavy (non-hydrogen) atoms. The number of sulfonamides is 1. The predicted molar refractivity (Wildman–Crippen MR) is 73.3 cm³/mol. The molecule has 3 rings (SSSR count). The maximum Gasteiger partial charge on any atom is 0.341 e. The number of anilines is 2. The molecule has 2 heterocycles. The maximum absolute atomic E-state index is 12.1. The van der Waals surface area contributed by atoms with Crippen LogP contribution >= 0.6 is 0 Å². The topological polar surface area (TPSA) is 79.4 Å². The first-order valence-corrected chi connectivity index (χ1v) is 7.36. The lowest BCUT2D eigenvalue weighted by molar-refractivity contribution is 0.252. The van der Waals surface area contributed by atoms with Gasteiger partial charge in [0, 0.05) is 6.20 Å². The van der Waals surface area contributed by atoms with Crippen LogP contribution in [0.15, 0.2) is 47.5 Å². The molecule has 0 saturated heterocycles. The Morgan fingerprint density at radius 3 is 2.75 bits per heavy atom. The van der Waals surface area contributed by atoms with Crippen LogP contribution in [0.25, 0.3) is 0 Å². The van der Waals surface area contributed by atoms with E-state index < -0.39 is 16.1 Å². The fraction of sp³-hybridized carbons (Fsp3) is 0.0769. The third-order valence-electron chi connectivity index (χ3n) is 2.94. The summed E-state index contributed by atoms with van der Waals surface area (Å²) in [5.74, 6) is 0.113. The molecule has 0 bridgehead atoms. The van der Waals surface area contributed by atoms with Gasteiger partial charge in [0.25, 0.3) is 10.0 Å². The summed E-state index contributed by atoms with van der Waals surface area (Å²) >= 11 is 0. The molecular formula is C13H11N3O3S. The molecule has 0 spiro atoms. The summed E-state index contributed by atoms with van der Waals surface area (Å²) in [4.78, 5) is 17.4. The van der Waals surface area contributed by atoms with Gasteiger partial charge in [0.1, 0.15) is 4.90 Å². The minimum atomic E-state index is -3.85. The average Bonchev–Trinajstić information content (AvgIpc) is 2.38. The highest BCUT2D eigenvalue weighted by Crippen LogP contribution is 2.33. The number of hydrogen-bond donors (Lipinski definition) is 1. The summed E-state index contributed by atoms with van der Waals surface area (Å²) in [6, 6.07) is 9.40. The fourth-order valence-corrected chi connectivity index (χ4v) is 3.15. The maximum atomic E-state index is 12.1. The van der Waals surface area contributed by atoms with Crippen LogP contribution in [0.1, 0.15) is 5.56 Å². The van der Waals surface area contributed by atoms with E-state index >= 15 is 0 Å². The molecule has 0 radical (unpaired) electrons. The molecule has 1 aliphatic heterocycles. The number of urea groups is 1. The Balaban J connectivity index is 2.24. The number of rotatable bonds is 1. The number of aromatic nitrogens is 1. The van der Waals surface area contributed by atoms with Crippen molar-refractivity contribution < 1.29 is 13.2 Å². The van der Waals surface area contributed by atoms with Crippen LogP contribution in [-0.4, -0.2) is 19.4 Å². The second-order valence-electron chi connectivity index (χ2n) is 4.41. The Bertz CT molecular complexity index is 802. The van der Waals surface area contributed by atoms with E-state index in [9.17, 15) is 13.2 Å². The second kappa shape index (κ2) is 4.31. The van der Waals surface area contributed by atoms with Gasteiger partial charge in [-0.05, 0) is 36.8 Å². The van der Waals surface area contributed by atoms with E-state index in [1.165, 1.54) is 23.2 Å². The molecule has 0 unspecified atom stereocenters. The molecule has 0 atom stereocenters. The number of carbonyl (C=O) groups is 1. The van der Waals surface area contributed by atoms with Gasteiger partial charge in [0.15, 0.2) is 5.82 Å². The molecule has 102 valence electrons. The highest BCUT2D eigenvalue weighted by molar-refractivity contribution is 7.90. The van der Waals surface area contributed by atoms with E-state index in [0.29, 0.717) is 5.69 Å². The molecule has 0 saturated carbocycles. The minimum Gasteiger partial charge on any atom is -0.247 e. The smallest absolute Gasteiger partial charge is 0.247 e. The van der Waals surface area contributed by atoms with Gasteiger partial charge in [0.05, 0.1) is 5.69 Å². The summed E-state index contributed by atoms with van der Waals surface area (Å²) < 4.78 is 25.9. The van der Waals surface area contributed by atoms with Crippen LogP contribution in [-0.2, 0) is 10.0 Å². The van der Waals surface area contributed by atoms with Gasteiger partial charge < -0.3 is 0 Å². The first-order chi connectivity index (χ1) is 9.49. The highest BCUT2D eigenvalue weighted by atomic mass is 32.2. The van der Waals surface area contributed by atoms with Crippen LogP contribution in [0.2, 0.25) is 0 Å². The zero-order valence-corrected chi connectivity index (χ0v) is 11.4. The van der Waals surface area contributed by atoms with Gasteiger partial charge >= 0.3 is 6.03 Å². The van der Waals surface area contributed by atoms with E-state index in [4.69, 9.17) is 0 Å². The Morgan fingerprint density at radius 1 is 1.20 bits per heavy atom. The van der Waals surface area contributed by atoms with Crippen molar-refractivity contribution >= 4 is 27.6 Å². The van der Waals surface area contributed by atoms with Crippen molar-refractivity contribution in [1.29, 1.82) is 0 Å². The number of pyridine rings is 1. The monoisotopic (exact) mass is 289 g/mol. The van der Waals surface area contributed by atoms with Gasteiger partial charge in [-0.3, -0.25) is 0 Å². The van der Waals surface area contributed by atoms with E-state index in [1.807, 2.05) is 17.7 Å². The van der Waals surface area contributed by atoms with Crippen molar-refractivity contribution in [2.45, 2.75) is 11.8 Å². The van der Waals surface area contributed by atoms with Crippen molar-refractivity contribution in [1.82, 2.24) is 9.71 Å². The molecule has 7 heteroatoms. The van der Waals surface area contributed by atoms with Crippen LogP contribution in [0.4, 0.5) is 16.3 Å². The molecule has 1 N–H and O–H groups in total. The highest BCUT2D eigenvalue weighted by Gasteiger charge is 2.35. The van der Waals surface area contributed by atoms with Gasteiger partial charge in [-0.2, -0.15) is 0 Å². The largest absolute Gasteiger partial charge is 0.341 e. The first kappa shape index (κ1) is 12.6. The summed E-state index contributed by atoms with van der Waals surface area (Å²) in [6.45, 7) is 1.89. The number of nitrogens with one attached hydrogen (secondary N) is 1. The Kier molecular flexibility index (Phi) is 2.72. The molecule has 0 fully saturated rings. The van der Waals surface area contributed by atoms with Gasteiger partial charge in [-0.15, -0.1) is 0 Å². The van der Waals surface area contributed by atoms with Crippen molar-refractivity contribution in [3.05, 3.63) is 48.2 Å². The van der Waals surface area contributed by atoms with Crippen molar-refractivity contribution in [2.24, 2.45) is 0 Å². The minimum absolute atomic E-state index is 0.0129. The SMILES string of the molecule is Cc1cccc(N2C(=O)NS(=O)(=O)c3cccnc32)c1. The molecule has 1 aromatic heterocycles. The summed E-state index contributed by atoms with van der Waals surface area (Å²) in [7, 11) is -3.85. The van der Waals surface area contributed by atoms with Crippen LogP contribution < -0.4 is 9.62 Å². The zero-order valence-electron chi connectivity index (χ0n) is 10.6. The Labute approximate surface area is 116 Å². The van der Waals surface area contributed by atoms with Gasteiger partial charge in [-0.25, -0.2) is 27.8 Å². The average molecular weight is 289 g/mol. The zero-order chi connectivity index (χ0) is 14.3. The summed E-state index contributed by atoms with van der Waals surface area (Å²) in [5.41, 5.74) is 1.53. The third kappa shape index (κ3) is 1.92. The normalized spacial score (nSPS) is 16.4. The molecule has 2 amide bonds. The standard InChI is InChI=1S/C13H11N3O3S/c1-9-4-2-5-10(8-9)16-12-11(6-3-7-14-12)20(18,19)15-13(16)17/h2-8H,1H3,(H,15,17). The molecule has 2 aromatic rings. The number of amides is 2. The van der Waals surface area contributed by atoms with Crippen LogP contribution in [0, 0.1) is 6.92 Å². The summed E-state index contributed by atoms with van der Waals surface area (Å²) in [5, 5.41) is 0. The number of benzene rings is 1. The first-order valence-electron chi connectivity index (χ1n) is 5.88. The fourth-order valence-electron chi connectivity index (χ4n) is 2.08.